The predicted octanol–water partition coefficient (Wildman–Crippen LogP) is 4.41. The molecule has 10 heteroatoms. The first-order valence-corrected chi connectivity index (χ1v) is 13.8. The highest BCUT2D eigenvalue weighted by atomic mass is 32.2. The van der Waals surface area contributed by atoms with E-state index in [0.29, 0.717) is 54.7 Å². The van der Waals surface area contributed by atoms with Crippen molar-refractivity contribution < 1.29 is 28.6 Å². The van der Waals surface area contributed by atoms with Gasteiger partial charge in [0.05, 0.1) is 49.5 Å². The molecule has 1 aromatic carbocycles. The molecule has 1 aromatic rings. The summed E-state index contributed by atoms with van der Waals surface area (Å²) in [6.45, 7) is 8.62. The van der Waals surface area contributed by atoms with E-state index in [4.69, 9.17) is 19.2 Å². The standard InChI is InChI=1S/C28H35N3O6S/c1-6-36-26(33)20-11-13-30(14-12-20)23(32)15-21-16-38-28-29-18(4)24(27(34)37-17(2)3)25(31(21)28)19-7-9-22(35-5)10-8-19/h7-10,16-17,20,25H,6,11-15H2,1-5H3. The van der Waals surface area contributed by atoms with Gasteiger partial charge in [-0.05, 0) is 63.6 Å². The van der Waals surface area contributed by atoms with Crippen molar-refractivity contribution in [3.05, 3.63) is 52.2 Å². The maximum absolute atomic E-state index is 13.4. The van der Waals surface area contributed by atoms with Gasteiger partial charge in [0.1, 0.15) is 5.75 Å². The van der Waals surface area contributed by atoms with Gasteiger partial charge in [0, 0.05) is 18.8 Å². The molecule has 0 aromatic heterocycles. The highest BCUT2D eigenvalue weighted by Crippen LogP contribution is 2.45. The Bertz CT molecular complexity index is 1170. The molecule has 1 fully saturated rings. The number of hydrogen-bond acceptors (Lipinski definition) is 9. The molecule has 0 bridgehead atoms. The fourth-order valence-electron chi connectivity index (χ4n) is 4.90. The third kappa shape index (κ3) is 5.90. The van der Waals surface area contributed by atoms with Crippen LogP contribution in [0.4, 0.5) is 0 Å². The van der Waals surface area contributed by atoms with E-state index in [-0.39, 0.29) is 30.3 Å². The molecule has 3 aliphatic heterocycles. The minimum absolute atomic E-state index is 0.0218. The number of nitrogens with zero attached hydrogens (tertiary/aromatic N) is 3. The van der Waals surface area contributed by atoms with Crippen LogP contribution in [0.15, 0.2) is 51.6 Å². The summed E-state index contributed by atoms with van der Waals surface area (Å²) in [5.41, 5.74) is 2.68. The molecule has 4 rings (SSSR count). The molecule has 1 atom stereocenters. The second kappa shape index (κ2) is 12.1. The van der Waals surface area contributed by atoms with Gasteiger partial charge in [-0.3, -0.25) is 9.59 Å². The molecule has 3 aliphatic rings. The Morgan fingerprint density at radius 2 is 1.82 bits per heavy atom. The van der Waals surface area contributed by atoms with Gasteiger partial charge in [-0.2, -0.15) is 0 Å². The maximum atomic E-state index is 13.4. The lowest BCUT2D eigenvalue weighted by Gasteiger charge is -2.37. The Labute approximate surface area is 227 Å². The van der Waals surface area contributed by atoms with Crippen LogP contribution in [-0.2, 0) is 23.9 Å². The van der Waals surface area contributed by atoms with E-state index in [2.05, 4.69) is 0 Å². The van der Waals surface area contributed by atoms with Crippen LogP contribution >= 0.6 is 11.8 Å². The number of amidine groups is 1. The van der Waals surface area contributed by atoms with Crippen LogP contribution in [0.2, 0.25) is 0 Å². The smallest absolute Gasteiger partial charge is 0.338 e. The number of benzene rings is 1. The van der Waals surface area contributed by atoms with Crippen LogP contribution in [0.25, 0.3) is 0 Å². The Morgan fingerprint density at radius 3 is 2.42 bits per heavy atom. The third-order valence-electron chi connectivity index (χ3n) is 6.79. The number of allylic oxidation sites excluding steroid dienone is 1. The number of thioether (sulfide) groups is 1. The second-order valence-electron chi connectivity index (χ2n) is 9.70. The van der Waals surface area contributed by atoms with Crippen molar-refractivity contribution >= 4 is 34.8 Å². The number of carbonyl (C=O) groups is 3. The molecule has 0 spiro atoms. The Kier molecular flexibility index (Phi) is 8.81. The van der Waals surface area contributed by atoms with E-state index in [1.165, 1.54) is 11.8 Å². The van der Waals surface area contributed by atoms with Crippen LogP contribution in [0.1, 0.15) is 58.6 Å². The highest BCUT2D eigenvalue weighted by molar-refractivity contribution is 8.16. The normalized spacial score (nSPS) is 19.7. The molecular weight excluding hydrogens is 506 g/mol. The summed E-state index contributed by atoms with van der Waals surface area (Å²) in [5.74, 6) is -0.0910. The van der Waals surface area contributed by atoms with E-state index >= 15 is 0 Å². The van der Waals surface area contributed by atoms with Crippen molar-refractivity contribution in [3.8, 4) is 5.75 Å². The van der Waals surface area contributed by atoms with E-state index in [9.17, 15) is 14.4 Å². The van der Waals surface area contributed by atoms with Gasteiger partial charge in [0.25, 0.3) is 0 Å². The summed E-state index contributed by atoms with van der Waals surface area (Å²) < 4.78 is 16.1. The first-order chi connectivity index (χ1) is 18.2. The minimum atomic E-state index is -0.497. The largest absolute Gasteiger partial charge is 0.497 e. The van der Waals surface area contributed by atoms with E-state index in [0.717, 1.165) is 11.3 Å². The van der Waals surface area contributed by atoms with Crippen LogP contribution < -0.4 is 4.74 Å². The van der Waals surface area contributed by atoms with Gasteiger partial charge in [-0.15, -0.1) is 0 Å². The number of aliphatic imine (C=N–C) groups is 1. The molecule has 1 unspecified atom stereocenters. The molecule has 0 saturated carbocycles. The zero-order valence-electron chi connectivity index (χ0n) is 22.6. The first kappa shape index (κ1) is 27.8. The number of hydrogen-bond donors (Lipinski definition) is 0. The number of esters is 2. The molecule has 38 heavy (non-hydrogen) atoms. The van der Waals surface area contributed by atoms with Crippen molar-refractivity contribution in [2.45, 2.75) is 59.1 Å². The van der Waals surface area contributed by atoms with Crippen LogP contribution in [-0.4, -0.2) is 65.7 Å². The topological polar surface area (TPSA) is 97.7 Å². The number of fused-ring (bicyclic) bond motifs is 1. The number of amides is 1. The van der Waals surface area contributed by atoms with E-state index in [1.807, 2.05) is 55.3 Å². The fourth-order valence-corrected chi connectivity index (χ4v) is 5.87. The van der Waals surface area contributed by atoms with Gasteiger partial charge in [-0.1, -0.05) is 23.9 Å². The fraction of sp³-hybridized carbons (Fsp3) is 0.500. The van der Waals surface area contributed by atoms with Gasteiger partial charge in [0.15, 0.2) is 5.17 Å². The lowest BCUT2D eigenvalue weighted by molar-refractivity contribution is -0.151. The van der Waals surface area contributed by atoms with Crippen LogP contribution in [0.5, 0.6) is 5.75 Å². The van der Waals surface area contributed by atoms with E-state index in [1.54, 1.807) is 18.9 Å². The summed E-state index contributed by atoms with van der Waals surface area (Å²) in [4.78, 5) is 47.2. The SMILES string of the molecule is CCOC(=O)C1CCN(C(=O)CC2=CSC3=NC(C)=C(C(=O)OC(C)C)C(c4ccc(OC)cc4)N23)CC1. The molecule has 0 radical (unpaired) electrons. The number of methoxy groups -OCH3 is 1. The molecule has 0 aliphatic carbocycles. The van der Waals surface area contributed by atoms with Crippen LogP contribution in [0, 0.1) is 5.92 Å². The summed E-state index contributed by atoms with van der Waals surface area (Å²) >= 11 is 1.44. The lowest BCUT2D eigenvalue weighted by atomic mass is 9.93. The Hall–Kier alpha value is -3.27. The third-order valence-corrected chi connectivity index (χ3v) is 7.68. The number of likely N-dealkylation sites (tertiary alicyclic amines) is 1. The van der Waals surface area contributed by atoms with Gasteiger partial charge in [0.2, 0.25) is 5.91 Å². The maximum Gasteiger partial charge on any atom is 0.338 e. The number of piperidine rings is 1. The molecule has 204 valence electrons. The Morgan fingerprint density at radius 1 is 1.13 bits per heavy atom. The lowest BCUT2D eigenvalue weighted by Crippen LogP contribution is -2.42. The van der Waals surface area contributed by atoms with Crippen molar-refractivity contribution in [1.82, 2.24) is 9.80 Å². The van der Waals surface area contributed by atoms with Crippen LogP contribution in [0.3, 0.4) is 0 Å². The summed E-state index contributed by atoms with van der Waals surface area (Å²) in [6.07, 6.45) is 1.06. The van der Waals surface area contributed by atoms with Crippen molar-refractivity contribution in [3.63, 3.8) is 0 Å². The molecule has 9 nitrogen and oxygen atoms in total. The number of ether oxygens (including phenoxy) is 3. The highest BCUT2D eigenvalue weighted by Gasteiger charge is 2.42. The van der Waals surface area contributed by atoms with Crippen molar-refractivity contribution in [1.29, 1.82) is 0 Å². The monoisotopic (exact) mass is 541 g/mol. The second-order valence-corrected chi connectivity index (χ2v) is 10.5. The minimum Gasteiger partial charge on any atom is -0.497 e. The number of carbonyl (C=O) groups excluding carboxylic acids is 3. The molecular formula is C28H35N3O6S. The van der Waals surface area contributed by atoms with Crippen molar-refractivity contribution in [2.24, 2.45) is 10.9 Å². The van der Waals surface area contributed by atoms with Gasteiger partial charge in [-0.25, -0.2) is 9.79 Å². The number of rotatable bonds is 8. The van der Waals surface area contributed by atoms with Gasteiger partial charge < -0.3 is 24.0 Å². The predicted molar refractivity (Wildman–Crippen MR) is 145 cm³/mol. The molecule has 1 saturated heterocycles. The zero-order chi connectivity index (χ0) is 27.4. The summed E-state index contributed by atoms with van der Waals surface area (Å²) in [6, 6.07) is 7.05. The quantitative estimate of drug-likeness (QED) is 0.447. The average molecular weight is 542 g/mol. The van der Waals surface area contributed by atoms with E-state index < -0.39 is 12.0 Å². The summed E-state index contributed by atoms with van der Waals surface area (Å²) in [5, 5.41) is 2.65. The van der Waals surface area contributed by atoms with Gasteiger partial charge >= 0.3 is 11.9 Å². The Balaban J connectivity index is 1.57. The molecule has 1 amide bonds. The summed E-state index contributed by atoms with van der Waals surface area (Å²) in [7, 11) is 1.61. The molecule has 0 N–H and O–H groups in total. The molecule has 3 heterocycles. The van der Waals surface area contributed by atoms with Crippen molar-refractivity contribution in [2.75, 3.05) is 26.8 Å². The first-order valence-electron chi connectivity index (χ1n) is 13.0. The average Bonchev–Trinajstić information content (AvgIpc) is 3.29. The zero-order valence-corrected chi connectivity index (χ0v) is 23.4.